The fourth-order valence-corrected chi connectivity index (χ4v) is 7.87. The van der Waals surface area contributed by atoms with Crippen molar-refractivity contribution in [1.82, 2.24) is 0 Å². The molecule has 32 nitrogen and oxygen atoms in total. The molecular weight excluding hydrogens is 934 g/mol. The first-order valence-electron chi connectivity index (χ1n) is 19.1. The molecule has 0 spiro atoms. The summed E-state index contributed by atoms with van der Waals surface area (Å²) in [4.78, 5) is 36.3. The van der Waals surface area contributed by atoms with Crippen molar-refractivity contribution in [3.05, 3.63) is 0 Å². The summed E-state index contributed by atoms with van der Waals surface area (Å²) >= 11 is 0. The fourth-order valence-electron chi connectivity index (χ4n) is 7.19. The van der Waals surface area contributed by atoms with Crippen molar-refractivity contribution in [2.75, 3.05) is 33.0 Å². The third-order valence-corrected chi connectivity index (χ3v) is 11.7. The normalized spacial score (nSPS) is 48.6. The summed E-state index contributed by atoms with van der Waals surface area (Å²) in [7, 11) is -10.3. The van der Waals surface area contributed by atoms with Crippen molar-refractivity contribution in [3.63, 3.8) is 0 Å². The molecule has 64 heavy (non-hydrogen) atoms. The summed E-state index contributed by atoms with van der Waals surface area (Å²) in [6.45, 7) is -5.09. The standard InChI is InChI=1S/C30H54O32P2/c31-1-6-11(33)18(40)24(61-27-20(42)16(38)13(35)9(58-27)4-53-63(46,47)48)29(56-6)52-3-8-15(37)23(22(44)26(45)55-8)60-30-25(19(41)12(34)7(2-32)57-30)62-28-21(43)17(39)14(36)10(59-28)5-54-64(49,50)51/h6-45H,1-5H2,(H2,46,47,48)(H2,49,50,51)/t6-,7-,8-,9-,10-,11-,12-,13-,14-,15-,16+,17+,18+,19+,20+,21+,22+,23+,24+,25+,26?,27-,28-,29+,30-/m1/s1. The Morgan fingerprint density at radius 2 is 0.719 bits per heavy atom. The highest BCUT2D eigenvalue weighted by molar-refractivity contribution is 7.46. The first-order valence-corrected chi connectivity index (χ1v) is 22.2. The van der Waals surface area contributed by atoms with Gasteiger partial charge in [0.2, 0.25) is 0 Å². The first-order chi connectivity index (χ1) is 29.8. The Bertz CT molecular complexity index is 1560. The quantitative estimate of drug-likeness (QED) is 0.0602. The van der Waals surface area contributed by atoms with Crippen LogP contribution in [0.1, 0.15) is 0 Å². The van der Waals surface area contributed by atoms with E-state index in [1.807, 2.05) is 0 Å². The van der Waals surface area contributed by atoms with Crippen LogP contribution in [-0.4, -0.2) is 283 Å². The van der Waals surface area contributed by atoms with Gasteiger partial charge in [0.25, 0.3) is 0 Å². The summed E-state index contributed by atoms with van der Waals surface area (Å²) in [5, 5.41) is 159. The van der Waals surface area contributed by atoms with Crippen LogP contribution < -0.4 is 0 Å². The molecule has 0 saturated carbocycles. The highest BCUT2D eigenvalue weighted by Crippen LogP contribution is 2.39. The second-order valence-corrected chi connectivity index (χ2v) is 17.7. The average molecular weight is 989 g/mol. The predicted octanol–water partition coefficient (Wildman–Crippen LogP) is -11.7. The molecule has 5 saturated heterocycles. The summed E-state index contributed by atoms with van der Waals surface area (Å²) in [5.74, 6) is 0. The van der Waals surface area contributed by atoms with Crippen molar-refractivity contribution in [2.24, 2.45) is 0 Å². The van der Waals surface area contributed by atoms with Gasteiger partial charge in [-0.25, -0.2) is 9.13 Å². The van der Waals surface area contributed by atoms with Crippen molar-refractivity contribution in [3.8, 4) is 0 Å². The van der Waals surface area contributed by atoms with Crippen LogP contribution >= 0.6 is 15.6 Å². The number of hydrogen-bond acceptors (Lipinski definition) is 28. The lowest BCUT2D eigenvalue weighted by molar-refractivity contribution is -0.391. The zero-order valence-electron chi connectivity index (χ0n) is 32.7. The third kappa shape index (κ3) is 12.7. The molecule has 0 aromatic carbocycles. The van der Waals surface area contributed by atoms with Crippen molar-refractivity contribution < 1.29 is 157 Å². The molecular formula is C30H54O32P2. The lowest BCUT2D eigenvalue weighted by Crippen LogP contribution is -2.67. The molecule has 0 radical (unpaired) electrons. The molecule has 25 atom stereocenters. The van der Waals surface area contributed by atoms with Gasteiger partial charge in [-0.2, -0.15) is 0 Å². The maximum Gasteiger partial charge on any atom is 0.469 e. The molecule has 5 heterocycles. The highest BCUT2D eigenvalue weighted by atomic mass is 31.2. The van der Waals surface area contributed by atoms with E-state index in [0.29, 0.717) is 0 Å². The van der Waals surface area contributed by atoms with Gasteiger partial charge in [-0.1, -0.05) is 0 Å². The van der Waals surface area contributed by atoms with Crippen molar-refractivity contribution in [1.29, 1.82) is 0 Å². The molecule has 19 N–H and O–H groups in total. The molecule has 5 rings (SSSR count). The van der Waals surface area contributed by atoms with Crippen molar-refractivity contribution in [2.45, 2.75) is 154 Å². The number of rotatable bonds is 17. The maximum absolute atomic E-state index is 11.4. The molecule has 1 unspecified atom stereocenters. The predicted molar refractivity (Wildman–Crippen MR) is 188 cm³/mol. The van der Waals surface area contributed by atoms with Crippen LogP contribution in [0, 0.1) is 0 Å². The summed E-state index contributed by atoms with van der Waals surface area (Å²) in [6, 6.07) is 0. The lowest BCUT2D eigenvalue weighted by atomic mass is 9.96. The van der Waals surface area contributed by atoms with Gasteiger partial charge >= 0.3 is 15.6 Å². The van der Waals surface area contributed by atoms with Gasteiger partial charge in [-0.05, 0) is 0 Å². The topological polar surface area (TPSA) is 520 Å². The van der Waals surface area contributed by atoms with E-state index in [1.54, 1.807) is 0 Å². The van der Waals surface area contributed by atoms with Gasteiger partial charge in [0.05, 0.1) is 33.0 Å². The Hall–Kier alpha value is -0.740. The number of hydrogen-bond donors (Lipinski definition) is 19. The van der Waals surface area contributed by atoms with E-state index in [0.717, 1.165) is 0 Å². The minimum atomic E-state index is -5.18. The number of aliphatic hydroxyl groups excluding tert-OH is 15. The summed E-state index contributed by atoms with van der Waals surface area (Å²) in [5.41, 5.74) is 0. The van der Waals surface area contributed by atoms with Crippen LogP contribution in [0.15, 0.2) is 0 Å². The van der Waals surface area contributed by atoms with Gasteiger partial charge in [0, 0.05) is 0 Å². The van der Waals surface area contributed by atoms with Crippen LogP contribution in [0.3, 0.4) is 0 Å². The van der Waals surface area contributed by atoms with Gasteiger partial charge in [-0.3, -0.25) is 9.05 Å². The van der Waals surface area contributed by atoms with Crippen LogP contribution in [-0.2, 0) is 60.8 Å². The first kappa shape index (κ1) is 54.2. The van der Waals surface area contributed by atoms with Crippen molar-refractivity contribution >= 4 is 15.6 Å². The van der Waals surface area contributed by atoms with Crippen LogP contribution in [0.5, 0.6) is 0 Å². The highest BCUT2D eigenvalue weighted by Gasteiger charge is 2.56. The Balaban J connectivity index is 1.33. The zero-order chi connectivity index (χ0) is 47.7. The van der Waals surface area contributed by atoms with Gasteiger partial charge in [-0.15, -0.1) is 0 Å². The van der Waals surface area contributed by atoms with Gasteiger partial charge in [0.1, 0.15) is 122 Å². The van der Waals surface area contributed by atoms with Crippen LogP contribution in [0.25, 0.3) is 0 Å². The Morgan fingerprint density at radius 3 is 1.14 bits per heavy atom. The Morgan fingerprint density at radius 1 is 0.359 bits per heavy atom. The van der Waals surface area contributed by atoms with Gasteiger partial charge < -0.3 is 139 Å². The summed E-state index contributed by atoms with van der Waals surface area (Å²) in [6.07, 6.45) is -50.9. The molecule has 5 aliphatic heterocycles. The third-order valence-electron chi connectivity index (χ3n) is 10.8. The zero-order valence-corrected chi connectivity index (χ0v) is 34.5. The fraction of sp³-hybridized carbons (Fsp3) is 1.00. The SMILES string of the molecule is O=P(O)(O)OC[C@H]1O[C@H](O[C@@H]2[C@@H](OC[C@H]3OC(O)[C@@H](O)[C@@H](O[C@H]4O[C@H](CO)[C@@H](O)[C@H](O)[C@@H]4O[C@H]4O[C@H](COP(=O)(O)O)[C@@H](O)[C@H](O)[C@@H]4O)[C@@H]3O)O[C@H](CO)[C@@H](O)[C@@H]2O)[C@@H](O)[C@@H](O)[C@@H]1O. The van der Waals surface area contributed by atoms with E-state index in [-0.39, 0.29) is 0 Å². The van der Waals surface area contributed by atoms with E-state index >= 15 is 0 Å². The molecule has 0 bridgehead atoms. The number of phosphoric acid groups is 2. The van der Waals surface area contributed by atoms with E-state index in [9.17, 15) is 85.7 Å². The average Bonchev–Trinajstić information content (AvgIpc) is 3.23. The van der Waals surface area contributed by atoms with E-state index in [4.69, 9.17) is 62.2 Å². The lowest BCUT2D eigenvalue weighted by Gasteiger charge is -2.48. The second-order valence-electron chi connectivity index (χ2n) is 15.2. The second kappa shape index (κ2) is 22.3. The molecule has 376 valence electrons. The Kier molecular flexibility index (Phi) is 18.9. The molecule has 5 fully saturated rings. The minimum Gasteiger partial charge on any atom is -0.394 e. The van der Waals surface area contributed by atoms with E-state index in [2.05, 4.69) is 9.05 Å². The monoisotopic (exact) mass is 988 g/mol. The van der Waals surface area contributed by atoms with Crippen LogP contribution in [0.4, 0.5) is 0 Å². The Labute approximate surface area is 359 Å². The van der Waals surface area contributed by atoms with E-state index < -0.39 is 202 Å². The number of phosphoric ester groups is 2. The molecule has 5 aliphatic rings. The number of ether oxygens (including phenoxy) is 9. The smallest absolute Gasteiger partial charge is 0.394 e. The summed E-state index contributed by atoms with van der Waals surface area (Å²) < 4.78 is 80.5. The molecule has 0 aliphatic carbocycles. The molecule has 34 heteroatoms. The molecule has 0 aromatic heterocycles. The number of aliphatic hydroxyl groups is 15. The minimum absolute atomic E-state index is 0.961. The molecule has 0 aromatic rings. The van der Waals surface area contributed by atoms with Crippen LogP contribution in [0.2, 0.25) is 0 Å². The van der Waals surface area contributed by atoms with Gasteiger partial charge in [0.15, 0.2) is 31.5 Å². The largest absolute Gasteiger partial charge is 0.469 e. The van der Waals surface area contributed by atoms with E-state index in [1.165, 1.54) is 0 Å². The molecule has 0 amide bonds. The maximum atomic E-state index is 11.4.